The van der Waals surface area contributed by atoms with Gasteiger partial charge >= 0.3 is 0 Å². The highest BCUT2D eigenvalue weighted by Gasteiger charge is 2.55. The fourth-order valence-corrected chi connectivity index (χ4v) is 2.13. The van der Waals surface area contributed by atoms with Gasteiger partial charge < -0.3 is 10.5 Å². The number of hydrogen-bond acceptors (Lipinski definition) is 2. The second-order valence-electron chi connectivity index (χ2n) is 4.60. The van der Waals surface area contributed by atoms with E-state index in [0.29, 0.717) is 12.0 Å². The summed E-state index contributed by atoms with van der Waals surface area (Å²) in [6.45, 7) is 4.43. The molecule has 0 bridgehead atoms. The Kier molecular flexibility index (Phi) is 2.04. The first-order chi connectivity index (χ1) is 6.57. The first-order valence-electron chi connectivity index (χ1n) is 4.97. The largest absolute Gasteiger partial charge is 0.497 e. The van der Waals surface area contributed by atoms with Gasteiger partial charge in [0.1, 0.15) is 5.75 Å². The molecular formula is C12H17NO. The van der Waals surface area contributed by atoms with Crippen LogP contribution in [0.5, 0.6) is 5.75 Å². The molecule has 1 aromatic carbocycles. The molecule has 0 aromatic heterocycles. The standard InChI is InChI=1S/C12H17NO/c1-12(2)10(11(12)13)8-4-6-9(14-3)7-5-8/h4-7,10-11H,13H2,1-3H3/t10-,11-/m1/s1. The highest BCUT2D eigenvalue weighted by Crippen LogP contribution is 2.57. The average Bonchev–Trinajstić information content (AvgIpc) is 2.67. The third kappa shape index (κ3) is 1.30. The van der Waals surface area contributed by atoms with E-state index in [9.17, 15) is 0 Å². The third-order valence-corrected chi connectivity index (χ3v) is 3.39. The van der Waals surface area contributed by atoms with Crippen molar-refractivity contribution in [2.45, 2.75) is 25.8 Å². The van der Waals surface area contributed by atoms with Crippen molar-refractivity contribution < 1.29 is 4.74 Å². The van der Waals surface area contributed by atoms with Crippen molar-refractivity contribution >= 4 is 0 Å². The summed E-state index contributed by atoms with van der Waals surface area (Å²) in [6.07, 6.45) is 0. The SMILES string of the molecule is COc1ccc([C@@H]2[C@@H](N)C2(C)C)cc1. The summed E-state index contributed by atoms with van der Waals surface area (Å²) in [4.78, 5) is 0. The van der Waals surface area contributed by atoms with Crippen molar-refractivity contribution in [3.63, 3.8) is 0 Å². The van der Waals surface area contributed by atoms with E-state index in [0.717, 1.165) is 5.75 Å². The van der Waals surface area contributed by atoms with Crippen molar-refractivity contribution in [3.05, 3.63) is 29.8 Å². The van der Waals surface area contributed by atoms with Crippen molar-refractivity contribution in [2.24, 2.45) is 11.1 Å². The fourth-order valence-electron chi connectivity index (χ4n) is 2.13. The Bertz CT molecular complexity index is 329. The summed E-state index contributed by atoms with van der Waals surface area (Å²) in [7, 11) is 1.68. The molecule has 0 unspecified atom stereocenters. The molecule has 14 heavy (non-hydrogen) atoms. The van der Waals surface area contributed by atoms with Gasteiger partial charge in [-0.2, -0.15) is 0 Å². The first-order valence-corrected chi connectivity index (χ1v) is 4.97. The molecule has 2 heteroatoms. The summed E-state index contributed by atoms with van der Waals surface area (Å²) in [5.74, 6) is 1.41. The minimum Gasteiger partial charge on any atom is -0.497 e. The summed E-state index contributed by atoms with van der Waals surface area (Å²) in [6, 6.07) is 8.51. The van der Waals surface area contributed by atoms with Crippen LogP contribution in [0.1, 0.15) is 25.3 Å². The zero-order valence-electron chi connectivity index (χ0n) is 8.95. The molecule has 2 rings (SSSR count). The second-order valence-corrected chi connectivity index (χ2v) is 4.60. The summed E-state index contributed by atoms with van der Waals surface area (Å²) in [5, 5.41) is 0. The maximum Gasteiger partial charge on any atom is 0.118 e. The van der Waals surface area contributed by atoms with Crippen molar-refractivity contribution in [1.29, 1.82) is 0 Å². The number of ether oxygens (including phenoxy) is 1. The lowest BCUT2D eigenvalue weighted by atomic mass is 10.0. The molecule has 2 nitrogen and oxygen atoms in total. The molecule has 76 valence electrons. The van der Waals surface area contributed by atoms with Crippen LogP contribution in [0.15, 0.2) is 24.3 Å². The molecule has 0 radical (unpaired) electrons. The monoisotopic (exact) mass is 191 g/mol. The number of nitrogens with two attached hydrogens (primary N) is 1. The molecule has 1 aliphatic carbocycles. The highest BCUT2D eigenvalue weighted by atomic mass is 16.5. The highest BCUT2D eigenvalue weighted by molar-refractivity contribution is 5.37. The summed E-state index contributed by atoms with van der Waals surface area (Å²) in [5.41, 5.74) is 7.60. The van der Waals surface area contributed by atoms with Crippen LogP contribution in [0, 0.1) is 5.41 Å². The van der Waals surface area contributed by atoms with E-state index in [4.69, 9.17) is 10.5 Å². The van der Waals surface area contributed by atoms with E-state index >= 15 is 0 Å². The lowest BCUT2D eigenvalue weighted by molar-refractivity contribution is 0.414. The molecule has 1 saturated carbocycles. The Morgan fingerprint density at radius 1 is 1.21 bits per heavy atom. The first kappa shape index (κ1) is 9.53. The number of benzene rings is 1. The summed E-state index contributed by atoms with van der Waals surface area (Å²) < 4.78 is 5.12. The zero-order chi connectivity index (χ0) is 10.3. The van der Waals surface area contributed by atoms with Crippen LogP contribution < -0.4 is 10.5 Å². The van der Waals surface area contributed by atoms with E-state index in [1.165, 1.54) is 5.56 Å². The molecule has 1 aromatic rings. The minimum absolute atomic E-state index is 0.259. The van der Waals surface area contributed by atoms with Gasteiger partial charge in [0.15, 0.2) is 0 Å². The van der Waals surface area contributed by atoms with E-state index < -0.39 is 0 Å². The van der Waals surface area contributed by atoms with Crippen molar-refractivity contribution in [1.82, 2.24) is 0 Å². The average molecular weight is 191 g/mol. The van der Waals surface area contributed by atoms with Crippen molar-refractivity contribution in [2.75, 3.05) is 7.11 Å². The number of methoxy groups -OCH3 is 1. The maximum atomic E-state index is 6.02. The van der Waals surface area contributed by atoms with E-state index in [1.807, 2.05) is 12.1 Å². The molecule has 2 N–H and O–H groups in total. The van der Waals surface area contributed by atoms with E-state index in [2.05, 4.69) is 26.0 Å². The van der Waals surface area contributed by atoms with Gasteiger partial charge in [-0.3, -0.25) is 0 Å². The molecular weight excluding hydrogens is 174 g/mol. The second kappa shape index (κ2) is 2.99. The van der Waals surface area contributed by atoms with Gasteiger partial charge in [0.25, 0.3) is 0 Å². The molecule has 1 aliphatic rings. The van der Waals surface area contributed by atoms with Crippen LogP contribution in [0.2, 0.25) is 0 Å². The Balaban J connectivity index is 2.20. The smallest absolute Gasteiger partial charge is 0.118 e. The lowest BCUT2D eigenvalue weighted by Crippen LogP contribution is -2.06. The lowest BCUT2D eigenvalue weighted by Gasteiger charge is -2.04. The molecule has 0 saturated heterocycles. The van der Waals surface area contributed by atoms with Crippen LogP contribution in [-0.4, -0.2) is 13.2 Å². The third-order valence-electron chi connectivity index (χ3n) is 3.39. The van der Waals surface area contributed by atoms with Crippen LogP contribution in [0.3, 0.4) is 0 Å². The van der Waals surface area contributed by atoms with Gasteiger partial charge in [-0.1, -0.05) is 26.0 Å². The van der Waals surface area contributed by atoms with Crippen LogP contribution in [-0.2, 0) is 0 Å². The van der Waals surface area contributed by atoms with Crippen LogP contribution >= 0.6 is 0 Å². The Labute approximate surface area is 85.1 Å². The Hall–Kier alpha value is -1.02. The minimum atomic E-state index is 0.259. The van der Waals surface area contributed by atoms with E-state index in [1.54, 1.807) is 7.11 Å². The molecule has 2 atom stereocenters. The zero-order valence-corrected chi connectivity index (χ0v) is 8.95. The van der Waals surface area contributed by atoms with Gasteiger partial charge in [-0.25, -0.2) is 0 Å². The predicted octanol–water partition coefficient (Wildman–Crippen LogP) is 2.15. The molecule has 1 fully saturated rings. The normalized spacial score (nSPS) is 28.6. The topological polar surface area (TPSA) is 35.2 Å². The van der Waals surface area contributed by atoms with Crippen LogP contribution in [0.4, 0.5) is 0 Å². The summed E-state index contributed by atoms with van der Waals surface area (Å²) >= 11 is 0. The van der Waals surface area contributed by atoms with Gasteiger partial charge in [-0.15, -0.1) is 0 Å². The molecule has 0 spiro atoms. The Morgan fingerprint density at radius 3 is 2.07 bits per heavy atom. The van der Waals surface area contributed by atoms with Crippen LogP contribution in [0.25, 0.3) is 0 Å². The van der Waals surface area contributed by atoms with Gasteiger partial charge in [0.05, 0.1) is 7.11 Å². The molecule has 0 heterocycles. The van der Waals surface area contributed by atoms with Gasteiger partial charge in [0.2, 0.25) is 0 Å². The molecule has 0 amide bonds. The fraction of sp³-hybridized carbons (Fsp3) is 0.500. The maximum absolute atomic E-state index is 6.02. The Morgan fingerprint density at radius 2 is 1.71 bits per heavy atom. The van der Waals surface area contributed by atoms with E-state index in [-0.39, 0.29) is 5.41 Å². The van der Waals surface area contributed by atoms with Gasteiger partial charge in [-0.05, 0) is 23.1 Å². The van der Waals surface area contributed by atoms with Gasteiger partial charge in [0, 0.05) is 12.0 Å². The number of rotatable bonds is 2. The number of hydrogen-bond donors (Lipinski definition) is 1. The quantitative estimate of drug-likeness (QED) is 0.777. The molecule has 0 aliphatic heterocycles. The predicted molar refractivity (Wildman–Crippen MR) is 57.5 cm³/mol. The van der Waals surface area contributed by atoms with Crippen molar-refractivity contribution in [3.8, 4) is 5.75 Å².